The van der Waals surface area contributed by atoms with Crippen LogP contribution in [-0.2, 0) is 40.2 Å². The summed E-state index contributed by atoms with van der Waals surface area (Å²) in [6, 6.07) is 89.6. The molecule has 0 radical (unpaired) electrons. The minimum Gasteiger partial charge on any atom is -0.430 e. The van der Waals surface area contributed by atoms with Crippen LogP contribution in [-0.4, -0.2) is 53.8 Å². The van der Waals surface area contributed by atoms with Gasteiger partial charge in [0.2, 0.25) is 0 Å². The zero-order valence-electron chi connectivity index (χ0n) is 51.2. The number of hydrogen-bond acceptors (Lipinski definition) is 14. The molecule has 0 saturated heterocycles. The molecule has 0 aliphatic rings. The van der Waals surface area contributed by atoms with Gasteiger partial charge in [-0.15, -0.1) is 131 Å². The summed E-state index contributed by atoms with van der Waals surface area (Å²) in [5, 5.41) is 0. The van der Waals surface area contributed by atoms with Crippen LogP contribution >= 0.6 is 0 Å². The second-order valence-electron chi connectivity index (χ2n) is 21.6. The summed E-state index contributed by atoms with van der Waals surface area (Å²) in [7, 11) is 0. The Balaban J connectivity index is 0.00000457. The van der Waals surface area contributed by atoms with Crippen molar-refractivity contribution < 1.29 is 78.3 Å². The molecule has 0 unspecified atom stereocenters. The maximum absolute atomic E-state index is 13.8. The number of carbonyl (C=O) groups is 4. The molecule has 6 aromatic heterocycles. The largest absolute Gasteiger partial charge is 3.00 e. The molecule has 8 aromatic carbocycles. The topological polar surface area (TPSA) is 183 Å². The van der Waals surface area contributed by atoms with Crippen molar-refractivity contribution in [3.05, 3.63) is 338 Å². The van der Waals surface area contributed by atoms with Crippen LogP contribution in [0.15, 0.2) is 280 Å². The Hall–Kier alpha value is -12.2. The Morgan fingerprint density at radius 3 is 0.755 bits per heavy atom. The Kier molecular flexibility index (Phi) is 20.5. The molecule has 16 heteroatoms. The van der Waals surface area contributed by atoms with E-state index in [0.717, 1.165) is 11.1 Å². The molecule has 0 fully saturated rings. The molecular weight excluding hydrogens is 1580 g/mol. The summed E-state index contributed by atoms with van der Waals surface area (Å²) in [5.74, 6) is -2.15. The van der Waals surface area contributed by atoms with Crippen molar-refractivity contribution in [3.8, 4) is 124 Å². The third-order valence-electron chi connectivity index (χ3n) is 15.3. The van der Waals surface area contributed by atoms with Crippen molar-refractivity contribution in [2.75, 3.05) is 0 Å². The fourth-order valence-corrected chi connectivity index (χ4v) is 10.5. The van der Waals surface area contributed by atoms with Gasteiger partial charge >= 0.3 is 64.1 Å². The molecule has 0 bridgehead atoms. The number of pyridine rings is 6. The number of benzene rings is 8. The van der Waals surface area contributed by atoms with E-state index in [1.54, 1.807) is 146 Å². The molecule has 470 valence electrons. The molecule has 0 amide bonds. The van der Waals surface area contributed by atoms with Crippen LogP contribution < -0.4 is 18.9 Å². The van der Waals surface area contributed by atoms with Crippen molar-refractivity contribution in [1.29, 1.82) is 0 Å². The minimum absolute atomic E-state index is 0. The molecular formula is C82H46Ir2N6O8. The Bertz CT molecular complexity index is 4580. The van der Waals surface area contributed by atoms with Gasteiger partial charge in [0, 0.05) is 36.9 Å². The molecule has 0 atom stereocenters. The number of aromatic nitrogens is 6. The van der Waals surface area contributed by atoms with Gasteiger partial charge in [0.1, 0.15) is 23.0 Å². The van der Waals surface area contributed by atoms with Gasteiger partial charge in [0.05, 0.1) is 0 Å². The predicted octanol–water partition coefficient (Wildman–Crippen LogP) is 16.7. The standard InChI is InChI=1S/C82H46N6O8.2Ir/c89-79(57-29-21-53(22-30-57)73-17-5-9-41-83-73)93-65-45-63(46-66(49-65)94-80(90)58-31-23-54(24-32-58)74-18-6-10-42-84-74)71-15-3-1-13-69(71)61-37-39-77(87-51-61)78-40-38-62(52-88-78)70-14-2-4-16-72(70)64-47-67(95-81(91)59-33-25-55(26-34-59)75-19-7-11-43-85-75)50-68(48-64)96-82(92)60-35-27-56(28-36-60)76-20-8-12-44-86-76;;/h1-21,23,25,27,29-38,41-52H;;/q-6;2*+3. The van der Waals surface area contributed by atoms with E-state index in [-0.39, 0.29) is 85.5 Å². The molecule has 14 nitrogen and oxygen atoms in total. The summed E-state index contributed by atoms with van der Waals surface area (Å²) < 4.78 is 24.1. The molecule has 0 aliphatic carbocycles. The first-order chi connectivity index (χ1) is 47.2. The van der Waals surface area contributed by atoms with Crippen LogP contribution in [0.3, 0.4) is 0 Å². The summed E-state index contributed by atoms with van der Waals surface area (Å²) in [4.78, 5) is 82.4. The van der Waals surface area contributed by atoms with Gasteiger partial charge < -0.3 is 48.9 Å². The Morgan fingerprint density at radius 1 is 0.265 bits per heavy atom. The fraction of sp³-hybridized carbons (Fsp3) is 0. The number of ether oxygens (including phenoxy) is 4. The van der Waals surface area contributed by atoms with Crippen LogP contribution in [0.5, 0.6) is 23.0 Å². The van der Waals surface area contributed by atoms with Crippen molar-refractivity contribution >= 4 is 23.9 Å². The monoisotopic (exact) mass is 1630 g/mol. The van der Waals surface area contributed by atoms with Gasteiger partial charge in [-0.25, -0.2) is 12.1 Å². The van der Waals surface area contributed by atoms with Gasteiger partial charge in [0.25, 0.3) is 0 Å². The molecule has 14 aromatic rings. The fourth-order valence-electron chi connectivity index (χ4n) is 10.5. The van der Waals surface area contributed by atoms with Crippen LogP contribution in [0, 0.1) is 36.4 Å². The van der Waals surface area contributed by atoms with Crippen LogP contribution in [0.1, 0.15) is 41.4 Å². The second-order valence-corrected chi connectivity index (χ2v) is 21.6. The third kappa shape index (κ3) is 15.3. The summed E-state index contributed by atoms with van der Waals surface area (Å²) >= 11 is 0. The van der Waals surface area contributed by atoms with Crippen molar-refractivity contribution in [2.45, 2.75) is 0 Å². The van der Waals surface area contributed by atoms with Gasteiger partial charge in [-0.05, 0) is 128 Å². The van der Waals surface area contributed by atoms with Crippen LogP contribution in [0.4, 0.5) is 0 Å². The van der Waals surface area contributed by atoms with E-state index in [0.29, 0.717) is 89.8 Å². The smallest absolute Gasteiger partial charge is 0.430 e. The molecule has 98 heavy (non-hydrogen) atoms. The molecule has 14 rings (SSSR count). The average Bonchev–Trinajstić information content (AvgIpc) is 0.811. The van der Waals surface area contributed by atoms with Gasteiger partial charge in [-0.3, -0.25) is 19.2 Å². The van der Waals surface area contributed by atoms with E-state index in [2.05, 4.69) is 56.3 Å². The first kappa shape index (κ1) is 65.9. The quantitative estimate of drug-likeness (QED) is 0.0477. The summed E-state index contributed by atoms with van der Waals surface area (Å²) in [5.41, 5.74) is 12.9. The zero-order chi connectivity index (χ0) is 65.2. The predicted molar refractivity (Wildman–Crippen MR) is 361 cm³/mol. The van der Waals surface area contributed by atoms with E-state index >= 15 is 0 Å². The van der Waals surface area contributed by atoms with E-state index in [1.165, 1.54) is 12.1 Å². The van der Waals surface area contributed by atoms with Crippen molar-refractivity contribution in [3.63, 3.8) is 0 Å². The molecule has 0 N–H and O–H groups in total. The van der Waals surface area contributed by atoms with Gasteiger partial charge in [-0.2, -0.15) is 12.1 Å². The Morgan fingerprint density at radius 2 is 0.531 bits per heavy atom. The Labute approximate surface area is 590 Å². The third-order valence-corrected chi connectivity index (χ3v) is 15.3. The maximum Gasteiger partial charge on any atom is 3.00 e. The number of rotatable bonds is 17. The number of nitrogens with zero attached hydrogens (tertiary/aromatic N) is 6. The number of esters is 4. The van der Waals surface area contributed by atoms with Crippen LogP contribution in [0.25, 0.3) is 101 Å². The normalized spacial score (nSPS) is 10.7. The first-order valence-corrected chi connectivity index (χ1v) is 30.0. The molecule has 0 saturated carbocycles. The molecule has 0 spiro atoms. The summed E-state index contributed by atoms with van der Waals surface area (Å²) in [6.07, 6.45) is 10.2. The SMILES string of the molecule is O=C(Oc1cc(OC(=O)c2c[c-]c(-c3ccccn3)cc2)cc(-c2ccccc2-c2c[c-]c(-c3[c-]cc(-c4ccccc4-c4cc(OC(=O)c5c[c-]c(-c6ccccn6)cc5)cc(OC(=O)c5c[c-]c(-c6ccccn6)cc5)c4)cn3)nc2)c1)c1c[c-]c(-c2ccccn2)cc1.[Ir+3].[Ir+3]. The zero-order valence-corrected chi connectivity index (χ0v) is 56.0. The maximum atomic E-state index is 13.8. The van der Waals surface area contributed by atoms with Crippen LogP contribution in [0.2, 0.25) is 0 Å². The van der Waals surface area contributed by atoms with E-state index in [1.807, 2.05) is 121 Å². The first-order valence-electron chi connectivity index (χ1n) is 30.0. The van der Waals surface area contributed by atoms with Crippen molar-refractivity contribution in [2.24, 2.45) is 0 Å². The summed E-state index contributed by atoms with van der Waals surface area (Å²) in [6.45, 7) is 0. The van der Waals surface area contributed by atoms with Crippen molar-refractivity contribution in [1.82, 2.24) is 29.9 Å². The number of carbonyl (C=O) groups excluding carboxylic acids is 4. The number of hydrogen-bond donors (Lipinski definition) is 0. The minimum atomic E-state index is -0.656. The average molecular weight is 1630 g/mol. The van der Waals surface area contributed by atoms with E-state index in [9.17, 15) is 19.2 Å². The van der Waals surface area contributed by atoms with E-state index in [4.69, 9.17) is 28.9 Å². The molecule has 6 heterocycles. The van der Waals surface area contributed by atoms with Gasteiger partial charge in [-0.1, -0.05) is 119 Å². The van der Waals surface area contributed by atoms with E-state index < -0.39 is 23.9 Å². The molecule has 0 aliphatic heterocycles. The van der Waals surface area contributed by atoms with Gasteiger partial charge in [0.15, 0.2) is 0 Å². The second kappa shape index (κ2) is 30.5.